The van der Waals surface area contributed by atoms with Gasteiger partial charge in [-0.2, -0.15) is 0 Å². The number of hydrogen-bond acceptors (Lipinski definition) is 5. The van der Waals surface area contributed by atoms with Gasteiger partial charge in [0, 0.05) is 32.4 Å². The van der Waals surface area contributed by atoms with Crippen molar-refractivity contribution in [1.82, 2.24) is 10.2 Å². The van der Waals surface area contributed by atoms with E-state index < -0.39 is 9.84 Å². The molecule has 0 fully saturated rings. The highest BCUT2D eigenvalue weighted by atomic mass is 32.2. The van der Waals surface area contributed by atoms with Gasteiger partial charge in [-0.1, -0.05) is 48.5 Å². The molecule has 0 saturated carbocycles. The van der Waals surface area contributed by atoms with Gasteiger partial charge in [0.25, 0.3) is 0 Å². The maximum absolute atomic E-state index is 13.0. The number of nitrogens with zero attached hydrogens (tertiary/aromatic N) is 1. The normalized spacial score (nSPS) is 14.3. The number of carbonyl (C=O) groups excluding carboxylic acids is 1. The van der Waals surface area contributed by atoms with E-state index in [1.54, 1.807) is 19.2 Å². The summed E-state index contributed by atoms with van der Waals surface area (Å²) in [5, 5.41) is 5.64. The van der Waals surface area contributed by atoms with E-state index in [0.717, 1.165) is 30.8 Å². The van der Waals surface area contributed by atoms with Crippen LogP contribution in [-0.4, -0.2) is 39.6 Å². The minimum Gasteiger partial charge on any atom is -0.383 e. The molecule has 4 rings (SSSR count). The summed E-state index contributed by atoms with van der Waals surface area (Å²) in [6, 6.07) is 21.3. The maximum atomic E-state index is 13.0. The first-order chi connectivity index (χ1) is 16.8. The topological polar surface area (TPSA) is 87.7 Å². The average molecular weight is 494 g/mol. The molecule has 3 aromatic carbocycles. The lowest BCUT2D eigenvalue weighted by Gasteiger charge is -2.15. The SMILES string of the molecule is COCCN1Cc2ccc(CS(=O)(=O)c3ccc(NC(=O)NC(C)c4ccccc4)cc3)cc2C1. The Balaban J connectivity index is 1.35. The standard InChI is InChI=1S/C27H31N3O4S/c1-20(22-6-4-3-5-7-22)28-27(31)29-25-10-12-26(13-11-25)35(32,33)19-21-8-9-23-17-30(14-15-34-2)18-24(23)16-21/h3-13,16,20H,14-15,17-19H2,1-2H3,(H2,28,29,31). The van der Waals surface area contributed by atoms with Crippen molar-refractivity contribution in [1.29, 1.82) is 0 Å². The van der Waals surface area contributed by atoms with Crippen LogP contribution in [0.25, 0.3) is 0 Å². The van der Waals surface area contributed by atoms with E-state index in [9.17, 15) is 13.2 Å². The molecule has 35 heavy (non-hydrogen) atoms. The molecule has 0 bridgehead atoms. The van der Waals surface area contributed by atoms with Crippen LogP contribution in [0.1, 0.15) is 35.2 Å². The molecule has 3 aromatic rings. The fraction of sp³-hybridized carbons (Fsp3) is 0.296. The molecule has 1 atom stereocenters. The largest absolute Gasteiger partial charge is 0.383 e. The van der Waals surface area contributed by atoms with Crippen LogP contribution in [0.3, 0.4) is 0 Å². The Bertz CT molecular complexity index is 1260. The van der Waals surface area contributed by atoms with E-state index in [1.165, 1.54) is 23.3 Å². The predicted octanol–water partition coefficient (Wildman–Crippen LogP) is 4.51. The van der Waals surface area contributed by atoms with Crippen molar-refractivity contribution in [2.24, 2.45) is 0 Å². The van der Waals surface area contributed by atoms with Gasteiger partial charge in [-0.25, -0.2) is 13.2 Å². The Hall–Kier alpha value is -3.20. The molecule has 1 unspecified atom stereocenters. The quantitative estimate of drug-likeness (QED) is 0.458. The van der Waals surface area contributed by atoms with Crippen LogP contribution in [0, 0.1) is 0 Å². The first-order valence-corrected chi connectivity index (χ1v) is 13.3. The number of sulfone groups is 1. The summed E-state index contributed by atoms with van der Waals surface area (Å²) in [5.41, 5.74) is 4.70. The number of fused-ring (bicyclic) bond motifs is 1. The third-order valence-corrected chi connectivity index (χ3v) is 7.85. The molecule has 1 aliphatic heterocycles. The summed E-state index contributed by atoms with van der Waals surface area (Å²) in [5.74, 6) is -0.0692. The fourth-order valence-electron chi connectivity index (χ4n) is 4.22. The molecule has 7 nitrogen and oxygen atoms in total. The molecular formula is C27H31N3O4S. The van der Waals surface area contributed by atoms with Crippen LogP contribution in [0.2, 0.25) is 0 Å². The average Bonchev–Trinajstić information content (AvgIpc) is 3.25. The Morgan fingerprint density at radius 1 is 1.00 bits per heavy atom. The van der Waals surface area contributed by atoms with Gasteiger partial charge in [0.1, 0.15) is 0 Å². The van der Waals surface area contributed by atoms with Crippen molar-refractivity contribution in [3.63, 3.8) is 0 Å². The molecule has 0 saturated heterocycles. The van der Waals surface area contributed by atoms with E-state index in [-0.39, 0.29) is 22.7 Å². The fourth-order valence-corrected chi connectivity index (χ4v) is 5.56. The van der Waals surface area contributed by atoms with E-state index in [1.807, 2.05) is 55.5 Å². The van der Waals surface area contributed by atoms with Crippen molar-refractivity contribution in [2.45, 2.75) is 36.7 Å². The summed E-state index contributed by atoms with van der Waals surface area (Å²) < 4.78 is 31.2. The number of rotatable bonds is 9. The van der Waals surface area contributed by atoms with Crippen LogP contribution >= 0.6 is 0 Å². The third kappa shape index (κ3) is 6.48. The van der Waals surface area contributed by atoms with Crippen LogP contribution in [-0.2, 0) is 33.4 Å². The molecule has 0 aromatic heterocycles. The van der Waals surface area contributed by atoms with Gasteiger partial charge in [-0.05, 0) is 53.4 Å². The van der Waals surface area contributed by atoms with Crippen molar-refractivity contribution in [3.8, 4) is 0 Å². The van der Waals surface area contributed by atoms with Crippen LogP contribution in [0.15, 0.2) is 77.7 Å². The minimum absolute atomic E-state index is 0.0692. The molecule has 0 aliphatic carbocycles. The van der Waals surface area contributed by atoms with Gasteiger partial charge in [0.2, 0.25) is 0 Å². The molecular weight excluding hydrogens is 462 g/mol. The molecule has 0 radical (unpaired) electrons. The van der Waals surface area contributed by atoms with E-state index in [0.29, 0.717) is 12.3 Å². The summed E-state index contributed by atoms with van der Waals surface area (Å²) in [6.45, 7) is 5.09. The lowest BCUT2D eigenvalue weighted by atomic mass is 10.1. The first-order valence-electron chi connectivity index (χ1n) is 11.6. The number of anilines is 1. The lowest BCUT2D eigenvalue weighted by molar-refractivity contribution is 0.147. The monoisotopic (exact) mass is 493 g/mol. The van der Waals surface area contributed by atoms with Gasteiger partial charge in [-0.3, -0.25) is 4.90 Å². The Morgan fingerprint density at radius 2 is 1.71 bits per heavy atom. The smallest absolute Gasteiger partial charge is 0.319 e. The van der Waals surface area contributed by atoms with Gasteiger partial charge >= 0.3 is 6.03 Å². The number of ether oxygens (including phenoxy) is 1. The number of nitrogens with one attached hydrogen (secondary N) is 2. The number of methoxy groups -OCH3 is 1. The van der Waals surface area contributed by atoms with Crippen LogP contribution in [0.4, 0.5) is 10.5 Å². The summed E-state index contributed by atoms with van der Waals surface area (Å²) in [7, 11) is -1.83. The summed E-state index contributed by atoms with van der Waals surface area (Å²) in [4.78, 5) is 14.9. The van der Waals surface area contributed by atoms with E-state index in [2.05, 4.69) is 15.5 Å². The van der Waals surface area contributed by atoms with Crippen LogP contribution < -0.4 is 10.6 Å². The Labute approximate surface area is 207 Å². The van der Waals surface area contributed by atoms with Gasteiger partial charge < -0.3 is 15.4 Å². The second-order valence-electron chi connectivity index (χ2n) is 8.82. The van der Waals surface area contributed by atoms with Crippen molar-refractivity contribution in [3.05, 3.63) is 95.1 Å². The predicted molar refractivity (Wildman–Crippen MR) is 137 cm³/mol. The third-order valence-electron chi connectivity index (χ3n) is 6.15. The zero-order valence-electron chi connectivity index (χ0n) is 20.0. The maximum Gasteiger partial charge on any atom is 0.319 e. The molecule has 2 N–H and O–H groups in total. The highest BCUT2D eigenvalue weighted by Gasteiger charge is 2.21. The first kappa shape index (κ1) is 24.9. The van der Waals surface area contributed by atoms with E-state index in [4.69, 9.17) is 4.74 Å². The van der Waals surface area contributed by atoms with Gasteiger partial charge in [0.05, 0.1) is 23.3 Å². The van der Waals surface area contributed by atoms with Crippen molar-refractivity contribution >= 4 is 21.6 Å². The number of benzene rings is 3. The second kappa shape index (κ2) is 11.0. The van der Waals surface area contributed by atoms with Crippen molar-refractivity contribution < 1.29 is 17.9 Å². The molecule has 1 aliphatic rings. The number of hydrogen-bond donors (Lipinski definition) is 2. The molecule has 8 heteroatoms. The summed E-state index contributed by atoms with van der Waals surface area (Å²) in [6.07, 6.45) is 0. The molecule has 1 heterocycles. The highest BCUT2D eigenvalue weighted by molar-refractivity contribution is 7.90. The minimum atomic E-state index is -3.52. The zero-order valence-corrected chi connectivity index (χ0v) is 20.8. The number of amides is 2. The second-order valence-corrected chi connectivity index (χ2v) is 10.8. The van der Waals surface area contributed by atoms with Crippen LogP contribution in [0.5, 0.6) is 0 Å². The number of carbonyl (C=O) groups is 1. The molecule has 0 spiro atoms. The molecule has 2 amide bonds. The Morgan fingerprint density at radius 3 is 2.43 bits per heavy atom. The van der Waals surface area contributed by atoms with Gasteiger partial charge in [0.15, 0.2) is 9.84 Å². The zero-order chi connectivity index (χ0) is 24.8. The Kier molecular flexibility index (Phi) is 7.85. The number of urea groups is 1. The highest BCUT2D eigenvalue weighted by Crippen LogP contribution is 2.26. The van der Waals surface area contributed by atoms with Crippen molar-refractivity contribution in [2.75, 3.05) is 25.6 Å². The lowest BCUT2D eigenvalue weighted by Crippen LogP contribution is -2.31. The molecule has 184 valence electrons. The van der Waals surface area contributed by atoms with Gasteiger partial charge in [-0.15, -0.1) is 0 Å². The summed E-state index contributed by atoms with van der Waals surface area (Å²) >= 11 is 0. The van der Waals surface area contributed by atoms with E-state index >= 15 is 0 Å².